The summed E-state index contributed by atoms with van der Waals surface area (Å²) in [6, 6.07) is 13.2. The first-order chi connectivity index (χ1) is 17.3. The average molecular weight is 492 g/mol. The minimum Gasteiger partial charge on any atom is -0.398 e. The van der Waals surface area contributed by atoms with Crippen LogP contribution in [-0.2, 0) is 11.3 Å². The highest BCUT2D eigenvalue weighted by Crippen LogP contribution is 2.28. The average Bonchev–Trinajstić information content (AvgIpc) is 2.85. The Labute approximate surface area is 212 Å². The number of fused-ring (bicyclic) bond motifs is 1. The van der Waals surface area contributed by atoms with E-state index in [1.165, 1.54) is 4.57 Å². The third-order valence-electron chi connectivity index (χ3n) is 6.03. The molecule has 2 aromatic carbocycles. The number of nitrogen functional groups attached to an aromatic ring is 1. The first-order valence-electron chi connectivity index (χ1n) is 12.4. The van der Waals surface area contributed by atoms with Gasteiger partial charge in [-0.2, -0.15) is 0 Å². The first-order valence-corrected chi connectivity index (χ1v) is 12.4. The number of aromatic nitrogens is 1. The fourth-order valence-corrected chi connectivity index (χ4v) is 4.33. The number of rotatable bonds is 11. The smallest absolute Gasteiger partial charge is 0.258 e. The second kappa shape index (κ2) is 12.5. The van der Waals surface area contributed by atoms with Gasteiger partial charge in [-0.15, -0.1) is 0 Å². The van der Waals surface area contributed by atoms with Crippen molar-refractivity contribution in [1.29, 1.82) is 0 Å². The number of aliphatic hydroxyl groups excluding tert-OH is 1. The predicted molar refractivity (Wildman–Crippen MR) is 147 cm³/mol. The Morgan fingerprint density at radius 1 is 1.11 bits per heavy atom. The molecule has 0 aliphatic rings. The van der Waals surface area contributed by atoms with Crippen LogP contribution in [0.3, 0.4) is 0 Å². The second-order valence-corrected chi connectivity index (χ2v) is 9.11. The number of hydrogen-bond acceptors (Lipinski definition) is 6. The molecule has 36 heavy (non-hydrogen) atoms. The van der Waals surface area contributed by atoms with Gasteiger partial charge in [0.05, 0.1) is 12.6 Å². The van der Waals surface area contributed by atoms with Crippen molar-refractivity contribution in [3.8, 4) is 11.1 Å². The van der Waals surface area contributed by atoms with Crippen molar-refractivity contribution in [2.45, 2.75) is 46.3 Å². The van der Waals surface area contributed by atoms with Crippen molar-refractivity contribution in [3.05, 3.63) is 70.2 Å². The fourth-order valence-electron chi connectivity index (χ4n) is 4.33. The predicted octanol–water partition coefficient (Wildman–Crippen LogP) is 3.13. The quantitative estimate of drug-likeness (QED) is 0.141. The number of carbonyl (C=O) groups is 1. The van der Waals surface area contributed by atoms with E-state index >= 15 is 0 Å². The number of hydrazine groups is 1. The Bertz CT molecular complexity index is 1290. The van der Waals surface area contributed by atoms with Crippen LogP contribution < -0.4 is 22.6 Å². The number of nitrogens with one attached hydrogen (secondary N) is 1. The maximum atomic E-state index is 13.1. The summed E-state index contributed by atoms with van der Waals surface area (Å²) in [5.41, 5.74) is 12.5. The van der Waals surface area contributed by atoms with Crippen LogP contribution in [0.15, 0.2) is 59.0 Å². The van der Waals surface area contributed by atoms with Gasteiger partial charge in [0, 0.05) is 42.5 Å². The van der Waals surface area contributed by atoms with Gasteiger partial charge in [-0.05, 0) is 72.2 Å². The standard InChI is InChI=1S/C28H37N5O3/c1-4-11-32(12-5-2)27(35)24(17-31-30)15-23-7-6-21(16-26(23)29)20-8-9-25-22(14-20)10-13-33(28(25)36)18-19(3)34/h6-10,13-16,19,31,34H,4-5,11-12,17-18,29-30H2,1-3H3/b24-15+. The lowest BCUT2D eigenvalue weighted by atomic mass is 9.99. The molecule has 0 aliphatic heterocycles. The summed E-state index contributed by atoms with van der Waals surface area (Å²) in [5.74, 6) is 5.52. The van der Waals surface area contributed by atoms with E-state index < -0.39 is 6.10 Å². The number of nitrogens with zero attached hydrogens (tertiary/aromatic N) is 2. The van der Waals surface area contributed by atoms with Gasteiger partial charge in [0.25, 0.3) is 11.5 Å². The van der Waals surface area contributed by atoms with E-state index in [1.54, 1.807) is 25.3 Å². The van der Waals surface area contributed by atoms with Crippen molar-refractivity contribution in [1.82, 2.24) is 14.9 Å². The highest BCUT2D eigenvalue weighted by Gasteiger charge is 2.17. The zero-order valence-corrected chi connectivity index (χ0v) is 21.3. The van der Waals surface area contributed by atoms with Crippen molar-refractivity contribution in [2.75, 3.05) is 25.4 Å². The molecule has 0 saturated heterocycles. The minimum absolute atomic E-state index is 0.0455. The number of anilines is 1. The number of nitrogens with two attached hydrogens (primary N) is 2. The molecule has 0 bridgehead atoms. The zero-order valence-electron chi connectivity index (χ0n) is 21.3. The highest BCUT2D eigenvalue weighted by molar-refractivity contribution is 5.99. The van der Waals surface area contributed by atoms with Gasteiger partial charge in [-0.1, -0.05) is 32.0 Å². The largest absolute Gasteiger partial charge is 0.398 e. The Hall–Kier alpha value is -3.46. The summed E-state index contributed by atoms with van der Waals surface area (Å²) in [5, 5.41) is 11.0. The molecule has 0 radical (unpaired) electrons. The molecule has 1 unspecified atom stereocenters. The molecular weight excluding hydrogens is 454 g/mol. The zero-order chi connectivity index (χ0) is 26.2. The molecular formula is C28H37N5O3. The normalized spacial score (nSPS) is 12.6. The lowest BCUT2D eigenvalue weighted by Crippen LogP contribution is -2.37. The SMILES string of the molecule is CCCN(CCC)C(=O)/C(=C/c1ccc(-c2ccc3c(=O)n(CC(C)O)ccc3c2)cc1N)CNN. The molecule has 192 valence electrons. The third-order valence-corrected chi connectivity index (χ3v) is 6.03. The molecule has 0 aliphatic carbocycles. The van der Waals surface area contributed by atoms with Crippen LogP contribution in [-0.4, -0.2) is 46.2 Å². The molecule has 0 fully saturated rings. The van der Waals surface area contributed by atoms with Crippen molar-refractivity contribution in [2.24, 2.45) is 5.84 Å². The topological polar surface area (TPSA) is 127 Å². The van der Waals surface area contributed by atoms with E-state index in [0.717, 1.165) is 34.9 Å². The first kappa shape index (κ1) is 27.1. The molecule has 3 aromatic rings. The number of amides is 1. The summed E-state index contributed by atoms with van der Waals surface area (Å²) < 4.78 is 1.52. The van der Waals surface area contributed by atoms with E-state index in [0.29, 0.717) is 29.7 Å². The van der Waals surface area contributed by atoms with E-state index in [-0.39, 0.29) is 24.6 Å². The summed E-state index contributed by atoms with van der Waals surface area (Å²) in [7, 11) is 0. The van der Waals surface area contributed by atoms with E-state index in [1.807, 2.05) is 41.3 Å². The Morgan fingerprint density at radius 3 is 2.39 bits per heavy atom. The van der Waals surface area contributed by atoms with Crippen LogP contribution in [0.4, 0.5) is 5.69 Å². The second-order valence-electron chi connectivity index (χ2n) is 9.11. The Morgan fingerprint density at radius 2 is 1.78 bits per heavy atom. The number of aliphatic hydroxyl groups is 1. The van der Waals surface area contributed by atoms with Crippen LogP contribution in [0.25, 0.3) is 28.0 Å². The van der Waals surface area contributed by atoms with Crippen molar-refractivity contribution >= 4 is 28.4 Å². The number of hydrogen-bond donors (Lipinski definition) is 4. The van der Waals surface area contributed by atoms with Crippen LogP contribution in [0.5, 0.6) is 0 Å². The van der Waals surface area contributed by atoms with E-state index in [2.05, 4.69) is 19.3 Å². The van der Waals surface area contributed by atoms with Crippen LogP contribution >= 0.6 is 0 Å². The van der Waals surface area contributed by atoms with Gasteiger partial charge in [0.15, 0.2) is 0 Å². The van der Waals surface area contributed by atoms with Crippen molar-refractivity contribution < 1.29 is 9.90 Å². The number of carbonyl (C=O) groups excluding carboxylic acids is 1. The molecule has 1 atom stereocenters. The number of pyridine rings is 1. The summed E-state index contributed by atoms with van der Waals surface area (Å²) in [6.45, 7) is 7.62. The van der Waals surface area contributed by atoms with Crippen molar-refractivity contribution in [3.63, 3.8) is 0 Å². The Balaban J connectivity index is 1.93. The van der Waals surface area contributed by atoms with Crippen LogP contribution in [0.2, 0.25) is 0 Å². The maximum absolute atomic E-state index is 13.1. The van der Waals surface area contributed by atoms with Gasteiger partial charge in [0.2, 0.25) is 0 Å². The molecule has 6 N–H and O–H groups in total. The molecule has 1 aromatic heterocycles. The van der Waals surface area contributed by atoms with Crippen LogP contribution in [0.1, 0.15) is 39.2 Å². The summed E-state index contributed by atoms with van der Waals surface area (Å²) in [4.78, 5) is 27.7. The monoisotopic (exact) mass is 491 g/mol. The molecule has 1 heterocycles. The van der Waals surface area contributed by atoms with Gasteiger partial charge < -0.3 is 20.3 Å². The fraction of sp³-hybridized carbons (Fsp3) is 0.357. The summed E-state index contributed by atoms with van der Waals surface area (Å²) >= 11 is 0. The van der Waals surface area contributed by atoms with Gasteiger partial charge in [-0.25, -0.2) is 0 Å². The van der Waals surface area contributed by atoms with Gasteiger partial charge in [0.1, 0.15) is 0 Å². The molecule has 0 spiro atoms. The lowest BCUT2D eigenvalue weighted by molar-refractivity contribution is -0.127. The van der Waals surface area contributed by atoms with Gasteiger partial charge >= 0.3 is 0 Å². The molecule has 8 heteroatoms. The van der Waals surface area contributed by atoms with Gasteiger partial charge in [-0.3, -0.25) is 20.9 Å². The molecule has 3 rings (SSSR count). The maximum Gasteiger partial charge on any atom is 0.258 e. The highest BCUT2D eigenvalue weighted by atomic mass is 16.3. The number of benzene rings is 2. The van der Waals surface area contributed by atoms with E-state index in [9.17, 15) is 14.7 Å². The minimum atomic E-state index is -0.604. The Kier molecular flexibility index (Phi) is 9.41. The molecule has 8 nitrogen and oxygen atoms in total. The van der Waals surface area contributed by atoms with Crippen LogP contribution in [0, 0.1) is 0 Å². The lowest BCUT2D eigenvalue weighted by Gasteiger charge is -2.23. The summed E-state index contributed by atoms with van der Waals surface area (Å²) in [6.07, 6.45) is 4.66. The molecule has 1 amide bonds. The van der Waals surface area contributed by atoms with E-state index in [4.69, 9.17) is 11.6 Å². The third kappa shape index (κ3) is 6.40. The molecule has 0 saturated carbocycles.